The Morgan fingerprint density at radius 1 is 1.11 bits per heavy atom. The van der Waals surface area contributed by atoms with E-state index in [0.29, 0.717) is 12.2 Å². The second-order valence-corrected chi connectivity index (χ2v) is 3.83. The second kappa shape index (κ2) is 6.23. The van der Waals surface area contributed by atoms with Crippen molar-refractivity contribution in [2.24, 2.45) is 0 Å². The predicted molar refractivity (Wildman–Crippen MR) is 72.9 cm³/mol. The quantitative estimate of drug-likeness (QED) is 0.831. The maximum atomic E-state index is 13.1. The summed E-state index contributed by atoms with van der Waals surface area (Å²) in [6, 6.07) is 15.8. The average Bonchev–Trinajstić information content (AvgIpc) is 2.46. The molecule has 92 valence electrons. The number of benzene rings is 2. The lowest BCUT2D eigenvalue weighted by Gasteiger charge is -2.02. The van der Waals surface area contributed by atoms with E-state index in [2.05, 4.69) is 17.2 Å². The van der Waals surface area contributed by atoms with Crippen LogP contribution in [0.4, 0.5) is 10.1 Å². The van der Waals surface area contributed by atoms with Crippen molar-refractivity contribution < 1.29 is 4.39 Å². The number of anilines is 1. The molecular formula is C16H11FN2. The van der Waals surface area contributed by atoms with E-state index in [0.717, 1.165) is 5.56 Å². The molecule has 2 aromatic rings. The first kappa shape index (κ1) is 12.7. The van der Waals surface area contributed by atoms with Gasteiger partial charge in [0.1, 0.15) is 11.9 Å². The van der Waals surface area contributed by atoms with Crippen molar-refractivity contribution in [1.29, 1.82) is 5.26 Å². The number of nitrogens with one attached hydrogen (secondary N) is 1. The van der Waals surface area contributed by atoms with Crippen molar-refractivity contribution in [2.75, 3.05) is 11.9 Å². The van der Waals surface area contributed by atoms with Crippen LogP contribution in [0, 0.1) is 29.0 Å². The average molecular weight is 250 g/mol. The molecule has 0 fully saturated rings. The molecule has 3 heteroatoms. The van der Waals surface area contributed by atoms with Crippen LogP contribution < -0.4 is 5.32 Å². The molecule has 0 aliphatic carbocycles. The van der Waals surface area contributed by atoms with E-state index >= 15 is 0 Å². The number of halogens is 1. The zero-order valence-corrected chi connectivity index (χ0v) is 10.2. The highest BCUT2D eigenvalue weighted by atomic mass is 19.1. The minimum atomic E-state index is -0.511. The van der Waals surface area contributed by atoms with E-state index in [-0.39, 0.29) is 5.56 Å². The normalized spacial score (nSPS) is 9.05. The third kappa shape index (κ3) is 3.59. The van der Waals surface area contributed by atoms with Gasteiger partial charge in [-0.25, -0.2) is 4.39 Å². The van der Waals surface area contributed by atoms with Gasteiger partial charge in [0.15, 0.2) is 0 Å². The highest BCUT2D eigenvalue weighted by Gasteiger charge is 2.01. The number of rotatable bonds is 2. The highest BCUT2D eigenvalue weighted by Crippen LogP contribution is 2.13. The van der Waals surface area contributed by atoms with E-state index in [1.165, 1.54) is 12.1 Å². The fraction of sp³-hybridized carbons (Fsp3) is 0.0625. The van der Waals surface area contributed by atoms with Crippen LogP contribution in [0.1, 0.15) is 11.1 Å². The van der Waals surface area contributed by atoms with Crippen LogP contribution >= 0.6 is 0 Å². The van der Waals surface area contributed by atoms with E-state index < -0.39 is 5.82 Å². The largest absolute Gasteiger partial charge is 0.374 e. The molecule has 0 aliphatic heterocycles. The van der Waals surface area contributed by atoms with E-state index in [4.69, 9.17) is 5.26 Å². The first-order valence-corrected chi connectivity index (χ1v) is 5.77. The molecular weight excluding hydrogens is 239 g/mol. The predicted octanol–water partition coefficient (Wildman–Crippen LogP) is 3.16. The highest BCUT2D eigenvalue weighted by molar-refractivity contribution is 5.50. The maximum Gasteiger partial charge on any atom is 0.141 e. The van der Waals surface area contributed by atoms with Crippen molar-refractivity contribution in [3.63, 3.8) is 0 Å². The molecule has 1 N–H and O–H groups in total. The molecule has 2 rings (SSSR count). The molecule has 0 amide bonds. The lowest BCUT2D eigenvalue weighted by atomic mass is 10.2. The SMILES string of the molecule is N#Cc1cc(NCC#Cc2ccccc2)ccc1F. The van der Waals surface area contributed by atoms with Gasteiger partial charge in [0.2, 0.25) is 0 Å². The third-order valence-electron chi connectivity index (χ3n) is 2.47. The van der Waals surface area contributed by atoms with Gasteiger partial charge in [-0.05, 0) is 30.3 Å². The minimum absolute atomic E-state index is 0.0287. The standard InChI is InChI=1S/C16H11FN2/c17-16-9-8-15(11-14(16)12-18)19-10-4-7-13-5-2-1-3-6-13/h1-3,5-6,8-9,11,19H,10H2. The van der Waals surface area contributed by atoms with Gasteiger partial charge in [-0.2, -0.15) is 5.26 Å². The molecule has 0 aliphatic rings. The summed E-state index contributed by atoms with van der Waals surface area (Å²) in [6.07, 6.45) is 0. The molecule has 0 spiro atoms. The molecule has 0 heterocycles. The van der Waals surface area contributed by atoms with Gasteiger partial charge in [-0.3, -0.25) is 0 Å². The zero-order chi connectivity index (χ0) is 13.5. The Kier molecular flexibility index (Phi) is 4.16. The molecule has 19 heavy (non-hydrogen) atoms. The van der Waals surface area contributed by atoms with Crippen LogP contribution in [0.3, 0.4) is 0 Å². The van der Waals surface area contributed by atoms with E-state index in [1.54, 1.807) is 12.1 Å². The van der Waals surface area contributed by atoms with Crippen LogP contribution in [-0.2, 0) is 0 Å². The Bertz CT molecular complexity index is 661. The number of nitrogens with zero attached hydrogens (tertiary/aromatic N) is 1. The Morgan fingerprint density at radius 3 is 2.63 bits per heavy atom. The number of hydrogen-bond donors (Lipinski definition) is 1. The second-order valence-electron chi connectivity index (χ2n) is 3.83. The fourth-order valence-corrected chi connectivity index (χ4v) is 1.53. The van der Waals surface area contributed by atoms with Gasteiger partial charge in [0.25, 0.3) is 0 Å². The number of nitriles is 1. The lowest BCUT2D eigenvalue weighted by Crippen LogP contribution is -1.99. The summed E-state index contributed by atoms with van der Waals surface area (Å²) in [7, 11) is 0. The van der Waals surface area contributed by atoms with Crippen molar-refractivity contribution in [1.82, 2.24) is 0 Å². The molecule has 0 bridgehead atoms. The van der Waals surface area contributed by atoms with Gasteiger partial charge >= 0.3 is 0 Å². The molecule has 0 unspecified atom stereocenters. The number of hydrogen-bond acceptors (Lipinski definition) is 2. The Hall–Kier alpha value is -2.78. The van der Waals surface area contributed by atoms with E-state index in [9.17, 15) is 4.39 Å². The van der Waals surface area contributed by atoms with Gasteiger partial charge in [-0.15, -0.1) is 0 Å². The minimum Gasteiger partial charge on any atom is -0.374 e. The van der Waals surface area contributed by atoms with Gasteiger partial charge in [0.05, 0.1) is 12.1 Å². The summed E-state index contributed by atoms with van der Waals surface area (Å²) in [5.74, 6) is 5.46. The summed E-state index contributed by atoms with van der Waals surface area (Å²) in [6.45, 7) is 0.436. The molecule has 0 saturated carbocycles. The van der Waals surface area contributed by atoms with Crippen molar-refractivity contribution in [3.05, 3.63) is 65.5 Å². The molecule has 0 radical (unpaired) electrons. The fourth-order valence-electron chi connectivity index (χ4n) is 1.53. The molecule has 0 aromatic heterocycles. The first-order chi connectivity index (χ1) is 9.29. The van der Waals surface area contributed by atoms with Gasteiger partial charge in [-0.1, -0.05) is 30.0 Å². The van der Waals surface area contributed by atoms with Crippen LogP contribution in [0.15, 0.2) is 48.5 Å². The third-order valence-corrected chi connectivity index (χ3v) is 2.47. The monoisotopic (exact) mass is 250 g/mol. The summed E-state index contributed by atoms with van der Waals surface area (Å²) in [5, 5.41) is 11.7. The lowest BCUT2D eigenvalue weighted by molar-refractivity contribution is 0.624. The van der Waals surface area contributed by atoms with Crippen molar-refractivity contribution >= 4 is 5.69 Å². The molecule has 2 aromatic carbocycles. The van der Waals surface area contributed by atoms with Crippen LogP contribution in [0.2, 0.25) is 0 Å². The summed E-state index contributed by atoms with van der Waals surface area (Å²) in [5.41, 5.74) is 1.66. The Morgan fingerprint density at radius 2 is 1.89 bits per heavy atom. The van der Waals surface area contributed by atoms with E-state index in [1.807, 2.05) is 30.3 Å². The maximum absolute atomic E-state index is 13.1. The summed E-state index contributed by atoms with van der Waals surface area (Å²) >= 11 is 0. The van der Waals surface area contributed by atoms with Crippen molar-refractivity contribution in [2.45, 2.75) is 0 Å². The Labute approximate surface area is 111 Å². The molecule has 2 nitrogen and oxygen atoms in total. The Balaban J connectivity index is 1.97. The first-order valence-electron chi connectivity index (χ1n) is 5.77. The summed E-state index contributed by atoms with van der Waals surface area (Å²) in [4.78, 5) is 0. The van der Waals surface area contributed by atoms with Crippen LogP contribution in [0.25, 0.3) is 0 Å². The zero-order valence-electron chi connectivity index (χ0n) is 10.2. The van der Waals surface area contributed by atoms with Gasteiger partial charge in [0, 0.05) is 11.3 Å². The summed E-state index contributed by atoms with van der Waals surface area (Å²) < 4.78 is 13.1. The molecule has 0 saturated heterocycles. The molecule has 0 atom stereocenters. The van der Waals surface area contributed by atoms with Crippen LogP contribution in [0.5, 0.6) is 0 Å². The van der Waals surface area contributed by atoms with Crippen LogP contribution in [-0.4, -0.2) is 6.54 Å². The van der Waals surface area contributed by atoms with Crippen molar-refractivity contribution in [3.8, 4) is 17.9 Å². The topological polar surface area (TPSA) is 35.8 Å². The van der Waals surface area contributed by atoms with Gasteiger partial charge < -0.3 is 5.32 Å². The smallest absolute Gasteiger partial charge is 0.141 e.